The topological polar surface area (TPSA) is 450 Å². The third-order valence-electron chi connectivity index (χ3n) is 24.1. The van der Waals surface area contributed by atoms with Gasteiger partial charge < -0.3 is 81.8 Å². The molecule has 0 saturated carbocycles. The Hall–Kier alpha value is -11.7. The van der Waals surface area contributed by atoms with E-state index in [1.54, 1.807) is 6.07 Å². The highest BCUT2D eigenvalue weighted by molar-refractivity contribution is 5.80. The van der Waals surface area contributed by atoms with Gasteiger partial charge in [-0.3, -0.25) is 19.2 Å². The number of phenols is 4. The number of fused-ring (bicyclic) bond motifs is 4. The molecule has 0 radical (unpaired) electrons. The molecule has 13 N–H and O–H groups in total. The molecule has 12 aromatic rings. The number of benzene rings is 8. The molecule has 0 aliphatic carbocycles. The van der Waals surface area contributed by atoms with Crippen molar-refractivity contribution in [1.82, 2.24) is 70.6 Å². The summed E-state index contributed by atoms with van der Waals surface area (Å²) in [6, 6.07) is 44.5. The van der Waals surface area contributed by atoms with Crippen LogP contribution in [0.15, 0.2) is 146 Å². The number of nitrogens with two attached hydrogens (primary N) is 3. The SMILES string of the molecule is CC(C)(C)c1cc(CCC(=O)O)cc(-n2nc3ccccc3n2)c1O.CCC(COCC(C)CC(=O)CCc1cc(-n2nc3ccccc3n2)c(O)c(C(C)(C)C)c1)(COCC(C)NC(=O)CCc1cc(-n2nc3ccccc3n2)c(O)c(C(C)(C)C)c1)COCC(C)NC(=O)CCc1cc(-n2nc3ccccc3n2)c(O)c(C(C)(C)C)c1.CCC(COCC(C)N)(COCC(C)N)COCC(C)N. The number of hydrogen-bond donors (Lipinski definition) is 10. The van der Waals surface area contributed by atoms with E-state index in [2.05, 4.69) is 65.3 Å². The molecule has 8 aromatic carbocycles. The molecule has 32 heteroatoms. The summed E-state index contributed by atoms with van der Waals surface area (Å²) < 4.78 is 36.5. The van der Waals surface area contributed by atoms with Crippen LogP contribution in [-0.2, 0) is 94.9 Å². The van der Waals surface area contributed by atoms with E-state index in [9.17, 15) is 39.6 Å². The number of rotatable bonds is 46. The Morgan fingerprint density at radius 3 is 0.784 bits per heavy atom. The highest BCUT2D eigenvalue weighted by Gasteiger charge is 2.35. The van der Waals surface area contributed by atoms with Gasteiger partial charge in [-0.05, 0) is 196 Å². The minimum atomic E-state index is -0.852. The number of carbonyl (C=O) groups is 4. The zero-order valence-electron chi connectivity index (χ0n) is 85.0. The van der Waals surface area contributed by atoms with Gasteiger partial charge in [-0.2, -0.15) is 0 Å². The zero-order chi connectivity index (χ0) is 101. The lowest BCUT2D eigenvalue weighted by molar-refractivity contribution is -0.137. The van der Waals surface area contributed by atoms with E-state index in [0.717, 1.165) is 62.0 Å². The number of nitrogens with one attached hydrogen (secondary N) is 2. The predicted octanol–water partition coefficient (Wildman–Crippen LogP) is 16.1. The fraction of sp³-hybridized carbons (Fsp3) is 0.514. The lowest BCUT2D eigenvalue weighted by Gasteiger charge is -2.33. The average molecular weight is 1910 g/mol. The number of carboxylic acid groups (broad SMARTS) is 1. The van der Waals surface area contributed by atoms with Crippen molar-refractivity contribution < 1.29 is 73.1 Å². The highest BCUT2D eigenvalue weighted by Crippen LogP contribution is 2.42. The quantitative estimate of drug-likeness (QED) is 0.0169. The van der Waals surface area contributed by atoms with Gasteiger partial charge in [0.2, 0.25) is 11.8 Å². The Bertz CT molecular complexity index is 5490. The Balaban J connectivity index is 0.000000350. The van der Waals surface area contributed by atoms with E-state index in [1.165, 1.54) is 19.2 Å². The molecule has 139 heavy (non-hydrogen) atoms. The fourth-order valence-corrected chi connectivity index (χ4v) is 16.1. The molecule has 4 heterocycles. The number of hydrogen-bond acceptors (Lipinski definition) is 25. The van der Waals surface area contributed by atoms with Gasteiger partial charge >= 0.3 is 5.97 Å². The van der Waals surface area contributed by atoms with E-state index in [0.29, 0.717) is 147 Å². The number of carboxylic acids is 1. The van der Waals surface area contributed by atoms with Crippen LogP contribution >= 0.6 is 0 Å². The summed E-state index contributed by atoms with van der Waals surface area (Å²) in [6.07, 6.45) is 4.19. The monoisotopic (exact) mass is 1910 g/mol. The second-order valence-corrected chi connectivity index (χ2v) is 41.9. The van der Waals surface area contributed by atoms with Crippen LogP contribution in [0.3, 0.4) is 0 Å². The van der Waals surface area contributed by atoms with Crippen molar-refractivity contribution in [3.8, 4) is 45.7 Å². The molecule has 32 nitrogen and oxygen atoms in total. The summed E-state index contributed by atoms with van der Waals surface area (Å²) in [4.78, 5) is 57.6. The third kappa shape index (κ3) is 31.6. The predicted molar refractivity (Wildman–Crippen MR) is 543 cm³/mol. The average Bonchev–Trinajstić information content (AvgIpc) is 1.74. The Morgan fingerprint density at radius 2 is 0.561 bits per heavy atom. The van der Waals surface area contributed by atoms with Crippen molar-refractivity contribution in [2.45, 2.75) is 261 Å². The maximum absolute atomic E-state index is 13.7. The standard InChI is InChI=1S/C73H93N11O9.C19H21N3O3.C15H35N3O3/c1-14-73(43-91-40-46(2)33-52(85)30-27-49-34-53(70(5,6)7)67(88)62(37-49)82-76-56-21-15-16-22-57(56)77-82,44-92-41-47(3)74-65(86)31-28-50-35-54(71(8,9)10)68(89)63(38-50)83-78-58-23-17-18-24-59(58)79-83)45-93-42-48(4)75-66(87)32-29-51-36-55(72(11,12)13)69(90)64(39-51)84-80-60-25-19-20-26-61(60)81-84;1-19(2,3)13-10-12(8-9-17(23)24)11-16(18(13)25)22-20-14-6-4-5-7-15(14)21-22;1-5-15(9-19-6-12(2)16,10-20-7-13(3)17)11-21-8-14(4)18/h15-26,34-39,46-48,88-90H,14,27-33,40-45H2,1-13H3,(H,74,86)(H,75,87);4-7,10-11,25H,8-9H2,1-3H3,(H,23,24);12-14H,5-11,16-18H2,1-4H3. The normalized spacial score (nSPS) is 14.3. The zero-order valence-corrected chi connectivity index (χ0v) is 85.0. The molecule has 0 bridgehead atoms. The van der Waals surface area contributed by atoms with E-state index in [-0.39, 0.29) is 140 Å². The number of phenolic OH excluding ortho intramolecular Hbond substituents is 4. The van der Waals surface area contributed by atoms with Gasteiger partial charge in [0.25, 0.3) is 0 Å². The molecule has 6 atom stereocenters. The van der Waals surface area contributed by atoms with Gasteiger partial charge in [0.1, 0.15) is 95.7 Å². The summed E-state index contributed by atoms with van der Waals surface area (Å²) >= 11 is 0. The maximum atomic E-state index is 13.7. The van der Waals surface area contributed by atoms with E-state index < -0.39 is 27.6 Å². The molecule has 0 fully saturated rings. The smallest absolute Gasteiger partial charge is 0.303 e. The van der Waals surface area contributed by atoms with Gasteiger partial charge in [0, 0.05) is 102 Å². The number of aliphatic carboxylic acids is 1. The minimum Gasteiger partial charge on any atom is -0.505 e. The summed E-state index contributed by atoms with van der Waals surface area (Å²) in [5.41, 5.74) is 28.7. The maximum Gasteiger partial charge on any atom is 0.303 e. The molecular formula is C107H149N17O15. The first kappa shape index (κ1) is 109. The van der Waals surface area contributed by atoms with Crippen LogP contribution in [0.5, 0.6) is 23.0 Å². The van der Waals surface area contributed by atoms with Gasteiger partial charge in [0.15, 0.2) is 0 Å². The molecule has 4 aromatic heterocycles. The summed E-state index contributed by atoms with van der Waals surface area (Å²) in [7, 11) is 0. The third-order valence-corrected chi connectivity index (χ3v) is 24.1. The largest absolute Gasteiger partial charge is 0.505 e. The van der Waals surface area contributed by atoms with E-state index in [4.69, 9.17) is 50.7 Å². The second kappa shape index (κ2) is 48.9. The minimum absolute atomic E-state index is 0.0227. The highest BCUT2D eigenvalue weighted by atomic mass is 16.5. The van der Waals surface area contributed by atoms with Crippen molar-refractivity contribution >= 4 is 67.7 Å². The molecule has 0 aliphatic heterocycles. The number of aromatic nitrogens is 12. The van der Waals surface area contributed by atoms with Crippen molar-refractivity contribution in [3.63, 3.8) is 0 Å². The van der Waals surface area contributed by atoms with E-state index >= 15 is 0 Å². The number of amides is 2. The van der Waals surface area contributed by atoms with Crippen molar-refractivity contribution in [3.05, 3.63) is 190 Å². The van der Waals surface area contributed by atoms with Crippen LogP contribution in [-0.4, -0.2) is 219 Å². The summed E-state index contributed by atoms with van der Waals surface area (Å²) in [5, 5.41) is 97.1. The lowest BCUT2D eigenvalue weighted by Crippen LogP contribution is -2.42. The van der Waals surface area contributed by atoms with Crippen molar-refractivity contribution in [2.24, 2.45) is 33.9 Å². The van der Waals surface area contributed by atoms with E-state index in [1.807, 2.05) is 264 Å². The summed E-state index contributed by atoms with van der Waals surface area (Å²) in [5.74, 6) is -0.764. The number of ketones is 1. The van der Waals surface area contributed by atoms with Crippen LogP contribution in [0.4, 0.5) is 0 Å². The molecule has 752 valence electrons. The number of aryl methyl sites for hydroxylation is 4. The number of nitrogens with zero attached hydrogens (tertiary/aromatic N) is 12. The lowest BCUT2D eigenvalue weighted by atomic mass is 9.84. The van der Waals surface area contributed by atoms with Crippen LogP contribution in [0, 0.1) is 16.7 Å². The molecule has 2 amide bonds. The molecule has 0 spiro atoms. The van der Waals surface area contributed by atoms with Gasteiger partial charge in [-0.15, -0.1) is 60.0 Å². The van der Waals surface area contributed by atoms with Gasteiger partial charge in [0.05, 0.1) is 72.7 Å². The molecule has 0 saturated heterocycles. The molecule has 12 rings (SSSR count). The van der Waals surface area contributed by atoms with Gasteiger partial charge in [-0.1, -0.05) is 177 Å². The molecule has 0 aliphatic rings. The fourth-order valence-electron chi connectivity index (χ4n) is 16.1. The molecule has 6 unspecified atom stereocenters. The first-order chi connectivity index (χ1) is 65.6. The van der Waals surface area contributed by atoms with Crippen LogP contribution < -0.4 is 27.8 Å². The first-order valence-electron chi connectivity index (χ1n) is 48.4. The second-order valence-electron chi connectivity index (χ2n) is 41.9. The Labute approximate surface area is 817 Å². The number of ether oxygens (including phenoxy) is 6. The number of carbonyl (C=O) groups excluding carboxylic acids is 3. The Kier molecular flexibility index (Phi) is 38.5. The first-order valence-corrected chi connectivity index (χ1v) is 48.4. The van der Waals surface area contributed by atoms with Crippen molar-refractivity contribution in [1.29, 1.82) is 0 Å². The summed E-state index contributed by atoms with van der Waals surface area (Å²) in [6.45, 7) is 44.8. The number of Topliss-reactive ketones (excluding diaryl/α,β-unsaturated/α-hetero) is 1. The number of aromatic hydroxyl groups is 4. The molecular weight excluding hydrogens is 1760 g/mol. The van der Waals surface area contributed by atoms with Crippen LogP contribution in [0.2, 0.25) is 0 Å². The van der Waals surface area contributed by atoms with Crippen LogP contribution in [0.1, 0.15) is 228 Å². The van der Waals surface area contributed by atoms with Crippen LogP contribution in [0.25, 0.3) is 66.9 Å². The van der Waals surface area contributed by atoms with Gasteiger partial charge in [-0.25, -0.2) is 0 Å². The van der Waals surface area contributed by atoms with Crippen molar-refractivity contribution in [2.75, 3.05) is 79.3 Å². The Morgan fingerprint density at radius 1 is 0.338 bits per heavy atom.